The van der Waals surface area contributed by atoms with Crippen LogP contribution in [0.3, 0.4) is 0 Å². The number of benzene rings is 1. The van der Waals surface area contributed by atoms with Gasteiger partial charge in [0.05, 0.1) is 6.20 Å². The van der Waals surface area contributed by atoms with Crippen molar-refractivity contribution in [3.8, 4) is 10.8 Å². The highest BCUT2D eigenvalue weighted by Gasteiger charge is 2.13. The van der Waals surface area contributed by atoms with Gasteiger partial charge in [-0.3, -0.25) is 4.79 Å². The van der Waals surface area contributed by atoms with Gasteiger partial charge in [0.25, 0.3) is 0 Å². The van der Waals surface area contributed by atoms with Gasteiger partial charge in [0.2, 0.25) is 5.06 Å². The Bertz CT molecular complexity index is 789. The lowest BCUT2D eigenvalue weighted by Gasteiger charge is -2.16. The molecule has 0 saturated carbocycles. The van der Waals surface area contributed by atoms with Crippen LogP contribution in [0.15, 0.2) is 24.4 Å². The molecule has 0 atom stereocenters. The second-order valence-corrected chi connectivity index (χ2v) is 6.86. The molecule has 0 saturated heterocycles. The van der Waals surface area contributed by atoms with Gasteiger partial charge < -0.3 is 25.8 Å². The lowest BCUT2D eigenvalue weighted by atomic mass is 10.1. The third-order valence-electron chi connectivity index (χ3n) is 3.78. The fourth-order valence-corrected chi connectivity index (χ4v) is 2.87. The number of hydrogen-bond acceptors (Lipinski definition) is 7. The fraction of sp³-hybridized carbons (Fsp3) is 0.389. The summed E-state index contributed by atoms with van der Waals surface area (Å²) < 4.78 is 10.9. The van der Waals surface area contributed by atoms with Crippen LogP contribution in [0, 0.1) is 0 Å². The van der Waals surface area contributed by atoms with Crippen LogP contribution in [-0.2, 0) is 16.1 Å². The van der Waals surface area contributed by atoms with E-state index in [4.69, 9.17) is 15.2 Å². The maximum Gasteiger partial charge on any atom is 0.319 e. The standard InChI is InChI=1S/C18H24N4O4S/c1-4-13(5-2)21-18(24)22-14-6-7-15(12(8-14)10-25-11(3)23)26-16-9-20-17(19)27-16/h6-9,13H,4-5,10H2,1-3H3,(H2,19,20)(H2,21,22,24). The van der Waals surface area contributed by atoms with E-state index >= 15 is 0 Å². The number of rotatable bonds is 8. The van der Waals surface area contributed by atoms with E-state index in [0.29, 0.717) is 27.2 Å². The molecule has 0 aliphatic rings. The summed E-state index contributed by atoms with van der Waals surface area (Å²) in [5.74, 6) is 0.0821. The molecule has 8 nitrogen and oxygen atoms in total. The molecule has 0 radical (unpaired) electrons. The first-order valence-corrected chi connectivity index (χ1v) is 9.45. The van der Waals surface area contributed by atoms with E-state index < -0.39 is 5.97 Å². The molecule has 0 aliphatic carbocycles. The molecule has 4 N–H and O–H groups in total. The number of urea groups is 1. The molecular formula is C18H24N4O4S. The number of amides is 2. The SMILES string of the molecule is CCC(CC)NC(=O)Nc1ccc(Oc2cnc(N)s2)c(COC(C)=O)c1. The molecule has 0 spiro atoms. The molecule has 0 aliphatic heterocycles. The van der Waals surface area contributed by atoms with Gasteiger partial charge in [0, 0.05) is 24.2 Å². The molecule has 2 aromatic rings. The number of anilines is 2. The van der Waals surface area contributed by atoms with Gasteiger partial charge in [-0.15, -0.1) is 0 Å². The molecule has 2 rings (SSSR count). The van der Waals surface area contributed by atoms with Crippen LogP contribution in [0.2, 0.25) is 0 Å². The Balaban J connectivity index is 2.15. The number of esters is 1. The van der Waals surface area contributed by atoms with E-state index in [9.17, 15) is 9.59 Å². The van der Waals surface area contributed by atoms with Crippen molar-refractivity contribution in [3.05, 3.63) is 30.0 Å². The van der Waals surface area contributed by atoms with Crippen molar-refractivity contribution in [2.45, 2.75) is 46.3 Å². The van der Waals surface area contributed by atoms with E-state index in [1.54, 1.807) is 18.2 Å². The van der Waals surface area contributed by atoms with Crippen molar-refractivity contribution in [1.82, 2.24) is 10.3 Å². The molecule has 0 fully saturated rings. The van der Waals surface area contributed by atoms with Gasteiger partial charge in [-0.1, -0.05) is 25.2 Å². The smallest absolute Gasteiger partial charge is 0.319 e. The monoisotopic (exact) mass is 392 g/mol. The van der Waals surface area contributed by atoms with E-state index in [1.165, 1.54) is 24.5 Å². The minimum Gasteiger partial charge on any atom is -0.461 e. The van der Waals surface area contributed by atoms with Crippen LogP contribution < -0.4 is 21.1 Å². The first-order valence-electron chi connectivity index (χ1n) is 8.64. The summed E-state index contributed by atoms with van der Waals surface area (Å²) in [6.07, 6.45) is 3.23. The summed E-state index contributed by atoms with van der Waals surface area (Å²) >= 11 is 1.20. The molecule has 146 valence electrons. The summed E-state index contributed by atoms with van der Waals surface area (Å²) in [6.45, 7) is 5.38. The third kappa shape index (κ3) is 6.45. The number of carbonyl (C=O) groups is 2. The summed E-state index contributed by atoms with van der Waals surface area (Å²) in [5.41, 5.74) is 6.79. The van der Waals surface area contributed by atoms with Gasteiger partial charge in [0.15, 0.2) is 5.13 Å². The quantitative estimate of drug-likeness (QED) is 0.587. The lowest BCUT2D eigenvalue weighted by molar-refractivity contribution is -0.142. The average molecular weight is 392 g/mol. The van der Waals surface area contributed by atoms with Crippen molar-refractivity contribution < 1.29 is 19.1 Å². The Morgan fingerprint density at radius 2 is 2.04 bits per heavy atom. The van der Waals surface area contributed by atoms with Crippen molar-refractivity contribution in [2.75, 3.05) is 11.1 Å². The van der Waals surface area contributed by atoms with Crippen LogP contribution in [0.25, 0.3) is 0 Å². The first-order chi connectivity index (χ1) is 12.9. The van der Waals surface area contributed by atoms with Crippen LogP contribution in [0.1, 0.15) is 39.2 Å². The lowest BCUT2D eigenvalue weighted by Crippen LogP contribution is -2.37. The summed E-state index contributed by atoms with van der Waals surface area (Å²) in [6, 6.07) is 4.94. The number of aromatic nitrogens is 1. The van der Waals surface area contributed by atoms with Crippen molar-refractivity contribution in [3.63, 3.8) is 0 Å². The maximum absolute atomic E-state index is 12.1. The molecule has 0 bridgehead atoms. The number of ether oxygens (including phenoxy) is 2. The average Bonchev–Trinajstić information content (AvgIpc) is 3.04. The van der Waals surface area contributed by atoms with Crippen molar-refractivity contribution in [2.24, 2.45) is 0 Å². The molecular weight excluding hydrogens is 368 g/mol. The first kappa shape index (κ1) is 20.5. The highest BCUT2D eigenvalue weighted by atomic mass is 32.1. The predicted octanol–water partition coefficient (Wildman–Crippen LogP) is 3.89. The minimum absolute atomic E-state index is 0.0165. The van der Waals surface area contributed by atoms with E-state index in [-0.39, 0.29) is 18.7 Å². The second-order valence-electron chi connectivity index (χ2n) is 5.83. The van der Waals surface area contributed by atoms with E-state index in [0.717, 1.165) is 12.8 Å². The number of nitrogen functional groups attached to an aromatic ring is 1. The zero-order chi connectivity index (χ0) is 19.8. The van der Waals surface area contributed by atoms with Gasteiger partial charge in [-0.05, 0) is 31.0 Å². The molecule has 1 heterocycles. The molecule has 1 aromatic carbocycles. The number of hydrogen-bond donors (Lipinski definition) is 3. The Kier molecular flexibility index (Phi) is 7.42. The molecule has 2 amide bonds. The number of nitrogens with one attached hydrogen (secondary N) is 2. The van der Waals surface area contributed by atoms with Gasteiger partial charge in [-0.2, -0.15) is 0 Å². The van der Waals surface area contributed by atoms with Crippen molar-refractivity contribution in [1.29, 1.82) is 0 Å². The zero-order valence-corrected chi connectivity index (χ0v) is 16.4. The second kappa shape index (κ2) is 9.77. The van der Waals surface area contributed by atoms with Crippen molar-refractivity contribution >= 4 is 34.2 Å². The van der Waals surface area contributed by atoms with Crippen LogP contribution in [0.5, 0.6) is 10.8 Å². The molecule has 27 heavy (non-hydrogen) atoms. The Morgan fingerprint density at radius 3 is 2.63 bits per heavy atom. The Morgan fingerprint density at radius 1 is 1.30 bits per heavy atom. The summed E-state index contributed by atoms with van der Waals surface area (Å²) in [5, 5.41) is 6.60. The predicted molar refractivity (Wildman–Crippen MR) is 105 cm³/mol. The van der Waals surface area contributed by atoms with E-state index in [2.05, 4.69) is 15.6 Å². The van der Waals surface area contributed by atoms with Gasteiger partial charge in [0.1, 0.15) is 12.4 Å². The topological polar surface area (TPSA) is 116 Å². The number of carbonyl (C=O) groups excluding carboxylic acids is 2. The number of thiazole rings is 1. The maximum atomic E-state index is 12.1. The molecule has 1 aromatic heterocycles. The highest BCUT2D eigenvalue weighted by Crippen LogP contribution is 2.32. The van der Waals surface area contributed by atoms with Gasteiger partial charge in [-0.25, -0.2) is 9.78 Å². The van der Waals surface area contributed by atoms with Crippen LogP contribution in [0.4, 0.5) is 15.6 Å². The largest absolute Gasteiger partial charge is 0.461 e. The molecule has 9 heteroatoms. The summed E-state index contributed by atoms with van der Waals surface area (Å²) in [7, 11) is 0. The summed E-state index contributed by atoms with van der Waals surface area (Å²) in [4.78, 5) is 27.2. The third-order valence-corrected chi connectivity index (χ3v) is 4.49. The normalized spacial score (nSPS) is 10.5. The van der Waals surface area contributed by atoms with Gasteiger partial charge >= 0.3 is 12.0 Å². The zero-order valence-electron chi connectivity index (χ0n) is 15.6. The Labute approximate surface area is 162 Å². The van der Waals surface area contributed by atoms with E-state index in [1.807, 2.05) is 13.8 Å². The van der Waals surface area contributed by atoms with Crippen LogP contribution >= 0.6 is 11.3 Å². The Hall–Kier alpha value is -2.81. The number of nitrogens with two attached hydrogens (primary N) is 1. The fourth-order valence-electron chi connectivity index (χ4n) is 2.32. The number of nitrogens with zero attached hydrogens (tertiary/aromatic N) is 1. The van der Waals surface area contributed by atoms with Crippen LogP contribution in [-0.4, -0.2) is 23.0 Å². The molecule has 0 unspecified atom stereocenters. The minimum atomic E-state index is -0.409. The highest BCUT2D eigenvalue weighted by molar-refractivity contribution is 7.17.